The Morgan fingerprint density at radius 2 is 1.70 bits per heavy atom. The van der Waals surface area contributed by atoms with Crippen molar-refractivity contribution in [3.05, 3.63) is 105 Å². The van der Waals surface area contributed by atoms with E-state index < -0.39 is 5.97 Å². The number of halogens is 1. The highest BCUT2D eigenvalue weighted by atomic mass is 35.5. The molecule has 0 amide bonds. The quantitative estimate of drug-likeness (QED) is 0.286. The average molecular weight is 536 g/mol. The van der Waals surface area contributed by atoms with Gasteiger partial charge in [-0.3, -0.25) is 0 Å². The molecule has 1 N–H and O–H groups in total. The van der Waals surface area contributed by atoms with Crippen molar-refractivity contribution in [3.8, 4) is 11.5 Å². The second-order valence-electron chi connectivity index (χ2n) is 7.84. The molecule has 0 saturated carbocycles. The molecule has 0 aliphatic carbocycles. The molecular weight excluding hydrogens is 510 g/mol. The first kappa shape index (κ1) is 26.4. The highest BCUT2D eigenvalue weighted by Crippen LogP contribution is 2.42. The number of hydrogen-bond donors (Lipinski definition) is 1. The monoisotopic (exact) mass is 535 g/mol. The molecule has 3 aromatic carbocycles. The first-order chi connectivity index (χ1) is 18.0. The Kier molecular flexibility index (Phi) is 8.93. The Labute approximate surface area is 225 Å². The number of nitrogens with zero attached hydrogens (tertiary/aromatic N) is 1. The lowest BCUT2D eigenvalue weighted by Crippen LogP contribution is -2.12. The summed E-state index contributed by atoms with van der Waals surface area (Å²) in [5, 5.41) is 11.7. The maximum Gasteiger partial charge on any atom is 0.344 e. The molecule has 4 rings (SSSR count). The van der Waals surface area contributed by atoms with E-state index in [9.17, 15) is 9.90 Å². The largest absolute Gasteiger partial charge is 0.506 e. The number of esters is 1. The summed E-state index contributed by atoms with van der Waals surface area (Å²) in [6, 6.07) is 22.5. The number of hydrogen-bond acceptors (Lipinski definition) is 7. The smallest absolute Gasteiger partial charge is 0.344 e. The lowest BCUT2D eigenvalue weighted by Gasteiger charge is -2.15. The topological polar surface area (TPSA) is 77.4 Å². The van der Waals surface area contributed by atoms with Gasteiger partial charge in [-0.15, -0.1) is 0 Å². The van der Waals surface area contributed by atoms with Crippen molar-refractivity contribution < 1.29 is 24.1 Å². The molecule has 8 heteroatoms. The number of rotatable bonds is 9. The molecule has 0 aromatic heterocycles. The zero-order chi connectivity index (χ0) is 26.2. The number of aliphatic hydroxyl groups excluding tert-OH is 1. The van der Waals surface area contributed by atoms with Crippen LogP contribution in [0.25, 0.3) is 6.08 Å². The van der Waals surface area contributed by atoms with Crippen LogP contribution in [0.4, 0.5) is 5.69 Å². The first-order valence-electron chi connectivity index (χ1n) is 11.8. The van der Waals surface area contributed by atoms with Crippen molar-refractivity contribution in [2.45, 2.75) is 20.5 Å². The molecule has 0 unspecified atom stereocenters. The molecule has 0 radical (unpaired) electrons. The normalized spacial score (nSPS) is 15.3. The lowest BCUT2D eigenvalue weighted by atomic mass is 10.1. The van der Waals surface area contributed by atoms with Crippen molar-refractivity contribution in [3.63, 3.8) is 0 Å². The fourth-order valence-corrected chi connectivity index (χ4v) is 4.88. The summed E-state index contributed by atoms with van der Waals surface area (Å²) in [5.74, 6) is 0.0832. The average Bonchev–Trinajstić information content (AvgIpc) is 3.19. The SMILES string of the molecule is CCOC(=O)C1=C(O)/C(=C/c2cc(Cl)c(OCc3ccccc3)c(OCC)c2)SC1=Nc1ccccc1. The van der Waals surface area contributed by atoms with Gasteiger partial charge < -0.3 is 19.3 Å². The van der Waals surface area contributed by atoms with Crippen LogP contribution in [0, 0.1) is 0 Å². The molecule has 1 aliphatic heterocycles. The summed E-state index contributed by atoms with van der Waals surface area (Å²) in [7, 11) is 0. The third-order valence-corrected chi connectivity index (χ3v) is 6.51. The zero-order valence-corrected chi connectivity index (χ0v) is 22.0. The van der Waals surface area contributed by atoms with E-state index in [2.05, 4.69) is 4.99 Å². The Morgan fingerprint density at radius 1 is 1.00 bits per heavy atom. The Balaban J connectivity index is 1.68. The van der Waals surface area contributed by atoms with Gasteiger partial charge in [0.25, 0.3) is 0 Å². The Bertz CT molecular complexity index is 1350. The number of thioether (sulfide) groups is 1. The number of aliphatic hydroxyl groups is 1. The van der Waals surface area contributed by atoms with E-state index in [4.69, 9.17) is 25.8 Å². The highest BCUT2D eigenvalue weighted by Gasteiger charge is 2.33. The molecule has 3 aromatic rings. The molecule has 0 saturated heterocycles. The van der Waals surface area contributed by atoms with Gasteiger partial charge >= 0.3 is 5.97 Å². The number of carbonyl (C=O) groups excluding carboxylic acids is 1. The third-order valence-electron chi connectivity index (χ3n) is 5.21. The van der Waals surface area contributed by atoms with E-state index in [-0.39, 0.29) is 17.9 Å². The van der Waals surface area contributed by atoms with Gasteiger partial charge in [-0.1, -0.05) is 71.9 Å². The van der Waals surface area contributed by atoms with Crippen LogP contribution in [0.3, 0.4) is 0 Å². The number of ether oxygens (including phenoxy) is 3. The van der Waals surface area contributed by atoms with Gasteiger partial charge in [0.15, 0.2) is 11.5 Å². The van der Waals surface area contributed by atoms with Crippen molar-refractivity contribution in [1.29, 1.82) is 0 Å². The summed E-state index contributed by atoms with van der Waals surface area (Å²) < 4.78 is 17.0. The van der Waals surface area contributed by atoms with E-state index in [1.54, 1.807) is 25.1 Å². The number of benzene rings is 3. The molecule has 6 nitrogen and oxygen atoms in total. The van der Waals surface area contributed by atoms with Crippen molar-refractivity contribution in [1.82, 2.24) is 0 Å². The summed E-state index contributed by atoms with van der Waals surface area (Å²) in [4.78, 5) is 17.7. The van der Waals surface area contributed by atoms with Gasteiger partial charge in [0, 0.05) is 0 Å². The summed E-state index contributed by atoms with van der Waals surface area (Å²) >= 11 is 7.78. The number of aliphatic imine (C=N–C) groups is 1. The molecule has 1 heterocycles. The van der Waals surface area contributed by atoms with Crippen LogP contribution in [0.5, 0.6) is 11.5 Å². The molecule has 0 bridgehead atoms. The second kappa shape index (κ2) is 12.5. The van der Waals surface area contributed by atoms with Crippen molar-refractivity contribution in [2.24, 2.45) is 4.99 Å². The van der Waals surface area contributed by atoms with Crippen LogP contribution in [-0.2, 0) is 16.1 Å². The number of carbonyl (C=O) groups is 1. The van der Waals surface area contributed by atoms with E-state index in [1.165, 1.54) is 11.8 Å². The highest BCUT2D eigenvalue weighted by molar-refractivity contribution is 8.18. The van der Waals surface area contributed by atoms with E-state index in [1.807, 2.05) is 67.6 Å². The van der Waals surface area contributed by atoms with Crippen molar-refractivity contribution >= 4 is 46.1 Å². The van der Waals surface area contributed by atoms with Crippen molar-refractivity contribution in [2.75, 3.05) is 13.2 Å². The third kappa shape index (κ3) is 6.56. The summed E-state index contributed by atoms with van der Waals surface area (Å²) in [6.07, 6.45) is 1.72. The first-order valence-corrected chi connectivity index (χ1v) is 13.0. The second-order valence-corrected chi connectivity index (χ2v) is 9.28. The molecule has 1 aliphatic rings. The minimum Gasteiger partial charge on any atom is -0.506 e. The predicted octanol–water partition coefficient (Wildman–Crippen LogP) is 7.51. The maximum absolute atomic E-state index is 12.7. The lowest BCUT2D eigenvalue weighted by molar-refractivity contribution is -0.138. The molecule has 37 heavy (non-hydrogen) atoms. The van der Waals surface area contributed by atoms with Crippen LogP contribution in [0.2, 0.25) is 5.02 Å². The molecule has 0 spiro atoms. The van der Waals surface area contributed by atoms with Crippen LogP contribution < -0.4 is 9.47 Å². The van der Waals surface area contributed by atoms with Gasteiger partial charge in [-0.25, -0.2) is 9.79 Å². The minimum atomic E-state index is -0.636. The van der Waals surface area contributed by atoms with E-state index >= 15 is 0 Å². The van der Waals surface area contributed by atoms with E-state index in [0.29, 0.717) is 50.9 Å². The molecule has 190 valence electrons. The number of para-hydroxylation sites is 1. The molecule has 0 fully saturated rings. The Morgan fingerprint density at radius 3 is 2.38 bits per heavy atom. The van der Waals surface area contributed by atoms with E-state index in [0.717, 1.165) is 5.56 Å². The van der Waals surface area contributed by atoms with Crippen LogP contribution in [0.15, 0.2) is 94.0 Å². The molecular formula is C29H26ClNO5S. The fourth-order valence-electron chi connectivity index (χ4n) is 3.57. The van der Waals surface area contributed by atoms with Gasteiger partial charge in [-0.2, -0.15) is 0 Å². The van der Waals surface area contributed by atoms with Crippen LogP contribution >= 0.6 is 23.4 Å². The zero-order valence-electron chi connectivity index (χ0n) is 20.4. The minimum absolute atomic E-state index is 0.0286. The summed E-state index contributed by atoms with van der Waals surface area (Å²) in [5.41, 5.74) is 2.35. The van der Waals surface area contributed by atoms with Gasteiger partial charge in [0.2, 0.25) is 0 Å². The van der Waals surface area contributed by atoms with Crippen LogP contribution in [-0.4, -0.2) is 29.3 Å². The Hall–Kier alpha value is -3.68. The predicted molar refractivity (Wildman–Crippen MR) is 149 cm³/mol. The van der Waals surface area contributed by atoms with Crippen LogP contribution in [0.1, 0.15) is 25.0 Å². The van der Waals surface area contributed by atoms with Gasteiger partial charge in [-0.05, 0) is 55.3 Å². The summed E-state index contributed by atoms with van der Waals surface area (Å²) in [6.45, 7) is 4.51. The van der Waals surface area contributed by atoms with Gasteiger partial charge in [0.1, 0.15) is 23.0 Å². The molecule has 0 atom stereocenters. The van der Waals surface area contributed by atoms with Gasteiger partial charge in [0.05, 0.1) is 28.8 Å². The standard InChI is InChI=1S/C29H26ClNO5S/c1-3-34-23-16-20(15-22(30)27(23)36-18-19-11-7-5-8-12-19)17-24-26(32)25(29(33)35-4-2)28(37-24)31-21-13-9-6-10-14-21/h5-17,32H,3-4,18H2,1-2H3/b24-17-,31-28?. The maximum atomic E-state index is 12.7. The fraction of sp³-hybridized carbons (Fsp3) is 0.172.